The van der Waals surface area contributed by atoms with Crippen LogP contribution in [-0.2, 0) is 14.8 Å². The predicted molar refractivity (Wildman–Crippen MR) is 80.5 cm³/mol. The molecule has 1 aromatic carbocycles. The van der Waals surface area contributed by atoms with Crippen molar-refractivity contribution in [3.8, 4) is 0 Å². The zero-order chi connectivity index (χ0) is 15.9. The molecule has 0 saturated carbocycles. The van der Waals surface area contributed by atoms with Crippen molar-refractivity contribution in [3.63, 3.8) is 0 Å². The number of benzene rings is 1. The van der Waals surface area contributed by atoms with Crippen LogP contribution in [-0.4, -0.2) is 39.6 Å². The molecule has 1 aromatic rings. The Morgan fingerprint density at radius 3 is 2.24 bits per heavy atom. The first-order valence-corrected chi connectivity index (χ1v) is 8.33. The van der Waals surface area contributed by atoms with E-state index in [1.54, 1.807) is 31.2 Å². The first kappa shape index (κ1) is 17.1. The topological polar surface area (TPSA) is 104 Å². The van der Waals surface area contributed by atoms with Crippen LogP contribution in [0.3, 0.4) is 0 Å². The molecule has 0 unspecified atom stereocenters. The standard InChI is InChI=1S/C13H19N3O4S/c1-3-12(17)16-11-6-4-10(5-7-11)13(18)14-8-9-15-21(2,19)20/h4-7,15H,3,8-9H2,1-2H3,(H,14,18)(H,16,17). The van der Waals surface area contributed by atoms with Crippen LogP contribution in [0.15, 0.2) is 24.3 Å². The molecule has 0 heterocycles. The fraction of sp³-hybridized carbons (Fsp3) is 0.385. The molecule has 0 aliphatic carbocycles. The van der Waals surface area contributed by atoms with Crippen LogP contribution in [0.1, 0.15) is 23.7 Å². The van der Waals surface area contributed by atoms with E-state index in [1.165, 1.54) is 0 Å². The van der Waals surface area contributed by atoms with Crippen molar-refractivity contribution in [2.24, 2.45) is 0 Å². The Hall–Kier alpha value is -1.93. The van der Waals surface area contributed by atoms with Gasteiger partial charge in [0.2, 0.25) is 15.9 Å². The lowest BCUT2D eigenvalue weighted by molar-refractivity contribution is -0.115. The summed E-state index contributed by atoms with van der Waals surface area (Å²) in [5, 5.41) is 5.27. The van der Waals surface area contributed by atoms with E-state index < -0.39 is 10.0 Å². The molecule has 3 N–H and O–H groups in total. The number of nitrogens with one attached hydrogen (secondary N) is 3. The van der Waals surface area contributed by atoms with E-state index in [9.17, 15) is 18.0 Å². The monoisotopic (exact) mass is 313 g/mol. The number of carbonyl (C=O) groups excluding carboxylic acids is 2. The van der Waals surface area contributed by atoms with E-state index in [4.69, 9.17) is 0 Å². The van der Waals surface area contributed by atoms with Gasteiger partial charge in [0, 0.05) is 30.8 Å². The van der Waals surface area contributed by atoms with Gasteiger partial charge in [0.15, 0.2) is 0 Å². The lowest BCUT2D eigenvalue weighted by Gasteiger charge is -2.07. The Morgan fingerprint density at radius 1 is 1.10 bits per heavy atom. The van der Waals surface area contributed by atoms with Crippen LogP contribution >= 0.6 is 0 Å². The molecule has 0 aromatic heterocycles. The smallest absolute Gasteiger partial charge is 0.251 e. The van der Waals surface area contributed by atoms with E-state index in [0.29, 0.717) is 17.7 Å². The van der Waals surface area contributed by atoms with Gasteiger partial charge in [0.05, 0.1) is 6.26 Å². The largest absolute Gasteiger partial charge is 0.351 e. The second kappa shape index (κ2) is 7.75. The summed E-state index contributed by atoms with van der Waals surface area (Å²) in [5.74, 6) is -0.405. The van der Waals surface area contributed by atoms with Gasteiger partial charge in [0.1, 0.15) is 0 Å². The molecule has 0 aliphatic heterocycles. The molecular formula is C13H19N3O4S. The Labute approximate surface area is 124 Å². The Morgan fingerprint density at radius 2 is 1.71 bits per heavy atom. The third kappa shape index (κ3) is 6.87. The fourth-order valence-corrected chi connectivity index (χ4v) is 1.94. The molecule has 0 bridgehead atoms. The normalized spacial score (nSPS) is 11.0. The number of anilines is 1. The summed E-state index contributed by atoms with van der Waals surface area (Å²) in [5.41, 5.74) is 1.06. The SMILES string of the molecule is CCC(=O)Nc1ccc(C(=O)NCCNS(C)(=O)=O)cc1. The maximum atomic E-state index is 11.8. The van der Waals surface area contributed by atoms with Crippen molar-refractivity contribution in [2.45, 2.75) is 13.3 Å². The summed E-state index contributed by atoms with van der Waals surface area (Å²) in [6.45, 7) is 2.08. The van der Waals surface area contributed by atoms with Crippen LogP contribution < -0.4 is 15.4 Å². The zero-order valence-electron chi connectivity index (χ0n) is 12.0. The second-order valence-corrected chi connectivity index (χ2v) is 6.23. The molecule has 0 fully saturated rings. The van der Waals surface area contributed by atoms with E-state index in [2.05, 4.69) is 15.4 Å². The average Bonchev–Trinajstić information content (AvgIpc) is 2.43. The van der Waals surface area contributed by atoms with Crippen LogP contribution in [0.4, 0.5) is 5.69 Å². The summed E-state index contributed by atoms with van der Waals surface area (Å²) in [6, 6.07) is 6.45. The molecule has 0 spiro atoms. The second-order valence-electron chi connectivity index (χ2n) is 4.40. The van der Waals surface area contributed by atoms with E-state index >= 15 is 0 Å². The van der Waals surface area contributed by atoms with Gasteiger partial charge in [-0.25, -0.2) is 13.1 Å². The number of hydrogen-bond acceptors (Lipinski definition) is 4. The number of sulfonamides is 1. The summed E-state index contributed by atoms with van der Waals surface area (Å²) in [6.07, 6.45) is 1.44. The van der Waals surface area contributed by atoms with E-state index in [1.807, 2.05) is 0 Å². The summed E-state index contributed by atoms with van der Waals surface area (Å²) in [4.78, 5) is 23.0. The third-order valence-electron chi connectivity index (χ3n) is 2.53. The molecule has 0 saturated heterocycles. The third-order valence-corrected chi connectivity index (χ3v) is 3.26. The molecular weight excluding hydrogens is 294 g/mol. The minimum atomic E-state index is -3.25. The van der Waals surface area contributed by atoms with Crippen molar-refractivity contribution in [1.29, 1.82) is 0 Å². The molecule has 0 aliphatic rings. The fourth-order valence-electron chi connectivity index (χ4n) is 1.47. The summed E-state index contributed by atoms with van der Waals surface area (Å²) >= 11 is 0. The average molecular weight is 313 g/mol. The van der Waals surface area contributed by atoms with Crippen LogP contribution in [0.5, 0.6) is 0 Å². The number of hydrogen-bond donors (Lipinski definition) is 3. The van der Waals surface area contributed by atoms with E-state index in [-0.39, 0.29) is 24.9 Å². The van der Waals surface area contributed by atoms with Gasteiger partial charge in [-0.2, -0.15) is 0 Å². The Kier molecular flexibility index (Phi) is 6.32. The van der Waals surface area contributed by atoms with Gasteiger partial charge in [-0.3, -0.25) is 9.59 Å². The van der Waals surface area contributed by atoms with E-state index in [0.717, 1.165) is 6.26 Å². The van der Waals surface area contributed by atoms with Crippen LogP contribution in [0.25, 0.3) is 0 Å². The first-order valence-electron chi connectivity index (χ1n) is 6.44. The van der Waals surface area contributed by atoms with Crippen molar-refractivity contribution in [3.05, 3.63) is 29.8 Å². The quantitative estimate of drug-likeness (QED) is 0.630. The van der Waals surface area contributed by atoms with Crippen molar-refractivity contribution < 1.29 is 18.0 Å². The van der Waals surface area contributed by atoms with Crippen molar-refractivity contribution in [1.82, 2.24) is 10.0 Å². The highest BCUT2D eigenvalue weighted by Crippen LogP contribution is 2.09. The molecule has 8 heteroatoms. The van der Waals surface area contributed by atoms with Crippen LogP contribution in [0.2, 0.25) is 0 Å². The highest BCUT2D eigenvalue weighted by molar-refractivity contribution is 7.88. The Balaban J connectivity index is 2.46. The molecule has 2 amide bonds. The summed E-state index contributed by atoms with van der Waals surface area (Å²) in [7, 11) is -3.25. The highest BCUT2D eigenvalue weighted by Gasteiger charge is 2.06. The van der Waals surface area contributed by atoms with Crippen LogP contribution in [0, 0.1) is 0 Å². The molecule has 116 valence electrons. The lowest BCUT2D eigenvalue weighted by atomic mass is 10.2. The minimum Gasteiger partial charge on any atom is -0.351 e. The molecule has 0 radical (unpaired) electrons. The molecule has 0 atom stereocenters. The van der Waals surface area contributed by atoms with Gasteiger partial charge < -0.3 is 10.6 Å². The molecule has 1 rings (SSSR count). The highest BCUT2D eigenvalue weighted by atomic mass is 32.2. The predicted octanol–water partition coefficient (Wildman–Crippen LogP) is 0.314. The maximum Gasteiger partial charge on any atom is 0.251 e. The zero-order valence-corrected chi connectivity index (χ0v) is 12.8. The first-order chi connectivity index (χ1) is 9.81. The van der Waals surface area contributed by atoms with Gasteiger partial charge in [-0.15, -0.1) is 0 Å². The van der Waals surface area contributed by atoms with Crippen molar-refractivity contribution >= 4 is 27.5 Å². The maximum absolute atomic E-state index is 11.8. The molecule has 21 heavy (non-hydrogen) atoms. The number of amides is 2. The summed E-state index contributed by atoms with van der Waals surface area (Å²) < 4.78 is 24.0. The Bertz CT molecular complexity index is 596. The number of carbonyl (C=O) groups is 2. The van der Waals surface area contributed by atoms with Gasteiger partial charge in [-0.1, -0.05) is 6.92 Å². The minimum absolute atomic E-state index is 0.0981. The lowest BCUT2D eigenvalue weighted by Crippen LogP contribution is -2.34. The molecule has 7 nitrogen and oxygen atoms in total. The van der Waals surface area contributed by atoms with Gasteiger partial charge in [-0.05, 0) is 24.3 Å². The van der Waals surface area contributed by atoms with Crippen molar-refractivity contribution in [2.75, 3.05) is 24.7 Å². The van der Waals surface area contributed by atoms with Gasteiger partial charge >= 0.3 is 0 Å². The van der Waals surface area contributed by atoms with Gasteiger partial charge in [0.25, 0.3) is 5.91 Å². The number of rotatable bonds is 7.